The molecule has 0 unspecified atom stereocenters. The first kappa shape index (κ1) is 19.8. The first-order valence-electron chi connectivity index (χ1n) is 9.15. The normalized spacial score (nSPS) is 11.9. The lowest BCUT2D eigenvalue weighted by molar-refractivity contribution is -0.118. The third-order valence-electron chi connectivity index (χ3n) is 4.55. The second kappa shape index (κ2) is 8.40. The maximum atomic E-state index is 12.0. The number of amides is 1. The first-order chi connectivity index (χ1) is 14.0. The molecule has 0 saturated heterocycles. The van der Waals surface area contributed by atoms with Crippen molar-refractivity contribution >= 4 is 34.4 Å². The molecule has 7 nitrogen and oxygen atoms in total. The number of H-pyrrole nitrogens is 1. The summed E-state index contributed by atoms with van der Waals surface area (Å²) in [5, 5.41) is 13.3. The number of fused-ring (bicyclic) bond motifs is 1. The Morgan fingerprint density at radius 2 is 2.17 bits per heavy atom. The van der Waals surface area contributed by atoms with E-state index in [1.165, 1.54) is 6.20 Å². The van der Waals surface area contributed by atoms with Crippen LogP contribution in [0.15, 0.2) is 47.9 Å². The maximum absolute atomic E-state index is 12.0. The second-order valence-corrected chi connectivity index (χ2v) is 6.85. The molecule has 146 valence electrons. The minimum atomic E-state index is -0.171. The van der Waals surface area contributed by atoms with Crippen molar-refractivity contribution in [3.8, 4) is 17.2 Å². The van der Waals surface area contributed by atoms with Crippen LogP contribution in [0.25, 0.3) is 27.7 Å². The van der Waals surface area contributed by atoms with Gasteiger partial charge in [0.2, 0.25) is 5.91 Å². The first-order valence-corrected chi connectivity index (χ1v) is 9.15. The molecule has 0 aliphatic carbocycles. The van der Waals surface area contributed by atoms with Crippen molar-refractivity contribution in [3.63, 3.8) is 0 Å². The minimum Gasteiger partial charge on any atom is -0.404 e. The molecule has 0 fully saturated rings. The Morgan fingerprint density at radius 1 is 1.38 bits per heavy atom. The Morgan fingerprint density at radius 3 is 2.83 bits per heavy atom. The number of pyridine rings is 1. The molecule has 0 saturated carbocycles. The van der Waals surface area contributed by atoms with Gasteiger partial charge in [0.25, 0.3) is 0 Å². The fraction of sp³-hybridized carbons (Fsp3) is 0.182. The zero-order valence-corrected chi connectivity index (χ0v) is 16.5. The minimum absolute atomic E-state index is 0.131. The average Bonchev–Trinajstić information content (AvgIpc) is 3.15. The van der Waals surface area contributed by atoms with Crippen LogP contribution in [0, 0.1) is 17.2 Å². The molecule has 0 aliphatic rings. The van der Waals surface area contributed by atoms with Crippen molar-refractivity contribution < 1.29 is 4.79 Å². The number of carbonyl (C=O) groups is 1. The fourth-order valence-electron chi connectivity index (χ4n) is 2.94. The van der Waals surface area contributed by atoms with Gasteiger partial charge in [-0.05, 0) is 23.8 Å². The summed E-state index contributed by atoms with van der Waals surface area (Å²) in [5.74, 6) is -0.301. The summed E-state index contributed by atoms with van der Waals surface area (Å²) >= 11 is 0. The van der Waals surface area contributed by atoms with E-state index in [4.69, 9.17) is 5.73 Å². The van der Waals surface area contributed by atoms with Crippen LogP contribution in [-0.2, 0) is 4.79 Å². The highest BCUT2D eigenvalue weighted by Gasteiger charge is 2.14. The third kappa shape index (κ3) is 4.01. The number of aromatic nitrogens is 2. The number of carbonyl (C=O) groups excluding carboxylic acids is 1. The molecule has 3 rings (SSSR count). The van der Waals surface area contributed by atoms with E-state index in [9.17, 15) is 10.1 Å². The molecule has 2 aromatic heterocycles. The van der Waals surface area contributed by atoms with Crippen LogP contribution in [0.4, 0.5) is 5.69 Å². The Bertz CT molecular complexity index is 1160. The van der Waals surface area contributed by atoms with Gasteiger partial charge in [-0.3, -0.25) is 9.79 Å². The smallest absolute Gasteiger partial charge is 0.226 e. The van der Waals surface area contributed by atoms with Gasteiger partial charge in [0, 0.05) is 59.9 Å². The number of hydrogen-bond acceptors (Lipinski definition) is 5. The molecular weight excluding hydrogens is 364 g/mol. The van der Waals surface area contributed by atoms with E-state index in [1.54, 1.807) is 45.4 Å². The van der Waals surface area contributed by atoms with Crippen LogP contribution in [0.5, 0.6) is 0 Å². The number of nitriles is 1. The molecule has 7 heteroatoms. The number of aliphatic imine (C=N–C) groups is 1. The Balaban J connectivity index is 2.06. The molecule has 29 heavy (non-hydrogen) atoms. The van der Waals surface area contributed by atoms with E-state index in [2.05, 4.69) is 26.3 Å². The molecule has 0 radical (unpaired) electrons. The average molecular weight is 386 g/mol. The van der Waals surface area contributed by atoms with Gasteiger partial charge in [0.1, 0.15) is 11.7 Å². The lowest BCUT2D eigenvalue weighted by Gasteiger charge is -2.10. The number of anilines is 1. The molecular formula is C22H22N6O. The van der Waals surface area contributed by atoms with E-state index < -0.39 is 0 Å². The highest BCUT2D eigenvalue weighted by Crippen LogP contribution is 2.32. The van der Waals surface area contributed by atoms with Crippen molar-refractivity contribution in [2.75, 3.05) is 12.4 Å². The Labute approximate surface area is 169 Å². The molecule has 2 heterocycles. The number of nitrogens with zero attached hydrogens (tertiary/aromatic N) is 3. The summed E-state index contributed by atoms with van der Waals surface area (Å²) in [6, 6.07) is 9.53. The lowest BCUT2D eigenvalue weighted by Crippen LogP contribution is -2.18. The Hall–Kier alpha value is -3.92. The second-order valence-electron chi connectivity index (χ2n) is 6.85. The topological polar surface area (TPSA) is 120 Å². The summed E-state index contributed by atoms with van der Waals surface area (Å²) in [5.41, 5.74) is 10.7. The van der Waals surface area contributed by atoms with E-state index >= 15 is 0 Å². The van der Waals surface area contributed by atoms with Crippen LogP contribution >= 0.6 is 0 Å². The zero-order valence-electron chi connectivity index (χ0n) is 16.5. The van der Waals surface area contributed by atoms with Crippen LogP contribution in [0.2, 0.25) is 0 Å². The van der Waals surface area contributed by atoms with Crippen molar-refractivity contribution in [2.24, 2.45) is 16.6 Å². The highest BCUT2D eigenvalue weighted by atomic mass is 16.1. The monoisotopic (exact) mass is 386 g/mol. The number of allylic oxidation sites excluding steroid dienone is 1. The molecule has 1 amide bonds. The van der Waals surface area contributed by atoms with Gasteiger partial charge in [-0.2, -0.15) is 5.26 Å². The van der Waals surface area contributed by atoms with Gasteiger partial charge in [-0.1, -0.05) is 19.9 Å². The predicted octanol–water partition coefficient (Wildman–Crippen LogP) is 3.70. The summed E-state index contributed by atoms with van der Waals surface area (Å²) < 4.78 is 0. The SMILES string of the molecule is CN=C/C(=C\N)c1cnc2[nH]cc(-c3ccc(NC(=O)C(C)C)c(C#N)c3)c2c1. The van der Waals surface area contributed by atoms with E-state index in [0.717, 1.165) is 33.3 Å². The molecule has 0 spiro atoms. The van der Waals surface area contributed by atoms with Crippen molar-refractivity contribution in [1.82, 2.24) is 9.97 Å². The molecule has 0 bridgehead atoms. The van der Waals surface area contributed by atoms with E-state index in [0.29, 0.717) is 11.3 Å². The molecule has 1 aromatic carbocycles. The van der Waals surface area contributed by atoms with Crippen molar-refractivity contribution in [3.05, 3.63) is 54.0 Å². The predicted molar refractivity (Wildman–Crippen MR) is 116 cm³/mol. The summed E-state index contributed by atoms with van der Waals surface area (Å²) in [7, 11) is 1.68. The lowest BCUT2D eigenvalue weighted by atomic mass is 10.0. The largest absolute Gasteiger partial charge is 0.404 e. The van der Waals surface area contributed by atoms with Gasteiger partial charge in [0.05, 0.1) is 11.3 Å². The van der Waals surface area contributed by atoms with E-state index in [1.807, 2.05) is 18.3 Å². The number of aromatic amines is 1. The van der Waals surface area contributed by atoms with Gasteiger partial charge in [0.15, 0.2) is 0 Å². The van der Waals surface area contributed by atoms with Gasteiger partial charge < -0.3 is 16.0 Å². The van der Waals surface area contributed by atoms with Crippen LogP contribution in [0.1, 0.15) is 25.0 Å². The quantitative estimate of drug-likeness (QED) is 0.579. The number of nitrogens with two attached hydrogens (primary N) is 1. The van der Waals surface area contributed by atoms with Gasteiger partial charge >= 0.3 is 0 Å². The van der Waals surface area contributed by atoms with Crippen LogP contribution in [-0.4, -0.2) is 29.1 Å². The molecule has 4 N–H and O–H groups in total. The standard InChI is InChI=1S/C22H22N6O/c1-13(2)22(29)28-20-5-4-14(6-15(20)8-23)19-12-27-21-18(19)7-16(11-26-21)17(9-24)10-25-3/h4-7,9-13H,24H2,1-3H3,(H,26,27)(H,28,29)/b17-9+,25-10?. The molecule has 3 aromatic rings. The van der Waals surface area contributed by atoms with Gasteiger partial charge in [-0.15, -0.1) is 0 Å². The van der Waals surface area contributed by atoms with Gasteiger partial charge in [-0.25, -0.2) is 4.98 Å². The van der Waals surface area contributed by atoms with Crippen LogP contribution in [0.3, 0.4) is 0 Å². The molecule has 0 aliphatic heterocycles. The fourth-order valence-corrected chi connectivity index (χ4v) is 2.94. The molecule has 0 atom stereocenters. The number of hydrogen-bond donors (Lipinski definition) is 3. The van der Waals surface area contributed by atoms with Crippen LogP contribution < -0.4 is 11.1 Å². The maximum Gasteiger partial charge on any atom is 0.226 e. The number of nitrogens with one attached hydrogen (secondary N) is 2. The number of rotatable bonds is 5. The number of benzene rings is 1. The zero-order chi connectivity index (χ0) is 21.0. The van der Waals surface area contributed by atoms with E-state index in [-0.39, 0.29) is 11.8 Å². The van der Waals surface area contributed by atoms with Crippen molar-refractivity contribution in [2.45, 2.75) is 13.8 Å². The summed E-state index contributed by atoms with van der Waals surface area (Å²) in [6.45, 7) is 3.61. The third-order valence-corrected chi connectivity index (χ3v) is 4.55. The van der Waals surface area contributed by atoms with Crippen molar-refractivity contribution in [1.29, 1.82) is 5.26 Å². The summed E-state index contributed by atoms with van der Waals surface area (Å²) in [6.07, 6.45) is 6.75. The Kier molecular flexibility index (Phi) is 5.74. The highest BCUT2D eigenvalue weighted by molar-refractivity contribution is 6.10. The summed E-state index contributed by atoms with van der Waals surface area (Å²) in [4.78, 5) is 23.6.